The van der Waals surface area contributed by atoms with Gasteiger partial charge in [0.1, 0.15) is 18.0 Å². The van der Waals surface area contributed by atoms with E-state index in [1.807, 2.05) is 0 Å². The molecule has 0 saturated heterocycles. The summed E-state index contributed by atoms with van der Waals surface area (Å²) in [6.45, 7) is 3.93. The van der Waals surface area contributed by atoms with E-state index in [1.165, 1.54) is 17.8 Å². The lowest BCUT2D eigenvalue weighted by atomic mass is 10.1. The Morgan fingerprint density at radius 3 is 2.76 bits per heavy atom. The molecule has 0 saturated carbocycles. The molecule has 0 atom stereocenters. The first-order valence-electron chi connectivity index (χ1n) is 5.25. The van der Waals surface area contributed by atoms with Gasteiger partial charge >= 0.3 is 0 Å². The highest BCUT2D eigenvalue weighted by atomic mass is 16.5. The number of ether oxygens (including phenoxy) is 1. The molecule has 17 heavy (non-hydrogen) atoms. The molecule has 0 aliphatic carbocycles. The van der Waals surface area contributed by atoms with E-state index in [0.29, 0.717) is 12.2 Å². The van der Waals surface area contributed by atoms with E-state index in [-0.39, 0.29) is 18.0 Å². The lowest BCUT2D eigenvalue weighted by Gasteiger charge is -2.11. The predicted octanol–water partition coefficient (Wildman–Crippen LogP) is 0.216. The molecule has 0 spiro atoms. The molecule has 0 unspecified atom stereocenters. The van der Waals surface area contributed by atoms with Crippen molar-refractivity contribution in [2.75, 3.05) is 13.7 Å². The Labute approximate surface area is 98.8 Å². The summed E-state index contributed by atoms with van der Waals surface area (Å²) >= 11 is 0. The van der Waals surface area contributed by atoms with E-state index >= 15 is 0 Å². The molecular formula is C11H16N2O4. The van der Waals surface area contributed by atoms with Crippen molar-refractivity contribution in [3.63, 3.8) is 0 Å². The van der Waals surface area contributed by atoms with Gasteiger partial charge in [-0.05, 0) is 13.8 Å². The van der Waals surface area contributed by atoms with Crippen molar-refractivity contribution in [2.24, 2.45) is 0 Å². The fraction of sp³-hybridized carbons (Fsp3) is 0.455. The molecule has 1 heterocycles. The molecule has 1 aromatic rings. The van der Waals surface area contributed by atoms with Gasteiger partial charge in [0.05, 0.1) is 0 Å². The molecule has 0 radical (unpaired) electrons. The van der Waals surface area contributed by atoms with Crippen molar-refractivity contribution < 1.29 is 14.6 Å². The van der Waals surface area contributed by atoms with Crippen molar-refractivity contribution in [1.29, 1.82) is 0 Å². The first-order chi connectivity index (χ1) is 8.02. The minimum Gasteiger partial charge on any atom is -0.507 e. The third-order valence-corrected chi connectivity index (χ3v) is 2.32. The number of hydrogen-bond acceptors (Lipinski definition) is 4. The molecule has 0 fully saturated rings. The molecule has 1 rings (SSSR count). The first kappa shape index (κ1) is 13.2. The molecule has 1 amide bonds. The van der Waals surface area contributed by atoms with Crippen LogP contribution in [0.1, 0.15) is 22.8 Å². The number of carbonyl (C=O) groups excluding carboxylic acids is 1. The Bertz CT molecular complexity index is 479. The molecule has 0 aliphatic rings. The van der Waals surface area contributed by atoms with Gasteiger partial charge in [0, 0.05) is 25.4 Å². The van der Waals surface area contributed by atoms with Crippen molar-refractivity contribution in [3.8, 4) is 5.75 Å². The SMILES string of the molecule is CCOCn1cc(C)c(O)c(C(=O)NC)c1=O. The average molecular weight is 240 g/mol. The summed E-state index contributed by atoms with van der Waals surface area (Å²) in [6.07, 6.45) is 1.46. The second-order valence-corrected chi connectivity index (χ2v) is 3.51. The van der Waals surface area contributed by atoms with Crippen LogP contribution in [0.4, 0.5) is 0 Å². The number of pyridine rings is 1. The zero-order chi connectivity index (χ0) is 13.0. The van der Waals surface area contributed by atoms with Gasteiger partial charge in [-0.3, -0.25) is 14.2 Å². The fourth-order valence-corrected chi connectivity index (χ4v) is 1.41. The summed E-state index contributed by atoms with van der Waals surface area (Å²) in [5.74, 6) is -0.899. The van der Waals surface area contributed by atoms with E-state index in [1.54, 1.807) is 13.8 Å². The maximum absolute atomic E-state index is 11.9. The molecule has 0 bridgehead atoms. The highest BCUT2D eigenvalue weighted by Gasteiger charge is 2.18. The largest absolute Gasteiger partial charge is 0.507 e. The number of aromatic nitrogens is 1. The van der Waals surface area contributed by atoms with Crippen LogP contribution >= 0.6 is 0 Å². The summed E-state index contributed by atoms with van der Waals surface area (Å²) in [5, 5.41) is 12.0. The number of amides is 1. The second-order valence-electron chi connectivity index (χ2n) is 3.51. The lowest BCUT2D eigenvalue weighted by molar-refractivity contribution is 0.0839. The highest BCUT2D eigenvalue weighted by molar-refractivity contribution is 5.96. The molecule has 0 aliphatic heterocycles. The fourth-order valence-electron chi connectivity index (χ4n) is 1.41. The molecule has 1 aromatic heterocycles. The van der Waals surface area contributed by atoms with Crippen molar-refractivity contribution in [1.82, 2.24) is 9.88 Å². The second kappa shape index (κ2) is 5.49. The van der Waals surface area contributed by atoms with Gasteiger partial charge in [-0.1, -0.05) is 0 Å². The predicted molar refractivity (Wildman–Crippen MR) is 62.1 cm³/mol. The number of nitrogens with one attached hydrogen (secondary N) is 1. The van der Waals surface area contributed by atoms with Crippen molar-refractivity contribution in [2.45, 2.75) is 20.6 Å². The van der Waals surface area contributed by atoms with Crippen LogP contribution in [0.3, 0.4) is 0 Å². The van der Waals surface area contributed by atoms with Gasteiger partial charge in [0.2, 0.25) is 0 Å². The van der Waals surface area contributed by atoms with Gasteiger partial charge < -0.3 is 15.2 Å². The Balaban J connectivity index is 3.33. The van der Waals surface area contributed by atoms with Crippen LogP contribution in [0.15, 0.2) is 11.0 Å². The smallest absolute Gasteiger partial charge is 0.269 e. The Kier molecular flexibility index (Phi) is 4.28. The number of nitrogens with zero attached hydrogens (tertiary/aromatic N) is 1. The summed E-state index contributed by atoms with van der Waals surface area (Å²) in [7, 11) is 1.40. The van der Waals surface area contributed by atoms with Crippen LogP contribution in [0.5, 0.6) is 5.75 Å². The van der Waals surface area contributed by atoms with E-state index < -0.39 is 11.5 Å². The standard InChI is InChI=1S/C11H16N2O4/c1-4-17-6-13-5-7(2)9(14)8(11(13)16)10(15)12-3/h5,14H,4,6H2,1-3H3,(H,12,15). The minimum atomic E-state index is -0.610. The van der Waals surface area contributed by atoms with Gasteiger partial charge in [-0.15, -0.1) is 0 Å². The quantitative estimate of drug-likeness (QED) is 0.788. The normalized spacial score (nSPS) is 10.3. The number of carbonyl (C=O) groups is 1. The van der Waals surface area contributed by atoms with Gasteiger partial charge in [0.15, 0.2) is 0 Å². The number of hydrogen-bond donors (Lipinski definition) is 2. The Hall–Kier alpha value is -1.82. The molecular weight excluding hydrogens is 224 g/mol. The van der Waals surface area contributed by atoms with E-state index in [2.05, 4.69) is 5.32 Å². The lowest BCUT2D eigenvalue weighted by Crippen LogP contribution is -2.32. The molecule has 6 nitrogen and oxygen atoms in total. The number of aryl methyl sites for hydroxylation is 1. The van der Waals surface area contributed by atoms with Crippen LogP contribution < -0.4 is 10.9 Å². The summed E-state index contributed by atoms with van der Waals surface area (Å²) in [5.41, 5.74) is -0.379. The molecule has 0 aromatic carbocycles. The van der Waals surface area contributed by atoms with E-state index in [0.717, 1.165) is 0 Å². The summed E-state index contributed by atoms with van der Waals surface area (Å²) in [4.78, 5) is 23.4. The van der Waals surface area contributed by atoms with Gasteiger partial charge in [-0.2, -0.15) is 0 Å². The minimum absolute atomic E-state index is 0.0560. The maximum Gasteiger partial charge on any atom is 0.269 e. The topological polar surface area (TPSA) is 80.6 Å². The van der Waals surface area contributed by atoms with Crippen LogP contribution in [-0.4, -0.2) is 29.2 Å². The zero-order valence-electron chi connectivity index (χ0n) is 10.1. The first-order valence-corrected chi connectivity index (χ1v) is 5.25. The van der Waals surface area contributed by atoms with Crippen molar-refractivity contribution in [3.05, 3.63) is 27.7 Å². The van der Waals surface area contributed by atoms with Crippen molar-refractivity contribution >= 4 is 5.91 Å². The van der Waals surface area contributed by atoms with Gasteiger partial charge in [-0.25, -0.2) is 0 Å². The monoisotopic (exact) mass is 240 g/mol. The summed E-state index contributed by atoms with van der Waals surface area (Å²) < 4.78 is 6.37. The zero-order valence-corrected chi connectivity index (χ0v) is 10.1. The Morgan fingerprint density at radius 1 is 1.59 bits per heavy atom. The van der Waals surface area contributed by atoms with Crippen LogP contribution in [0, 0.1) is 6.92 Å². The molecule has 6 heteroatoms. The maximum atomic E-state index is 11.9. The van der Waals surface area contributed by atoms with Crippen LogP contribution in [-0.2, 0) is 11.5 Å². The van der Waals surface area contributed by atoms with Crippen LogP contribution in [0.2, 0.25) is 0 Å². The number of aromatic hydroxyl groups is 1. The number of rotatable bonds is 4. The molecule has 2 N–H and O–H groups in total. The average Bonchev–Trinajstić information content (AvgIpc) is 2.32. The highest BCUT2D eigenvalue weighted by Crippen LogP contribution is 2.17. The third kappa shape index (κ3) is 2.65. The molecule has 94 valence electrons. The van der Waals surface area contributed by atoms with E-state index in [4.69, 9.17) is 4.74 Å². The third-order valence-electron chi connectivity index (χ3n) is 2.32. The Morgan fingerprint density at radius 2 is 2.24 bits per heavy atom. The summed E-state index contributed by atoms with van der Waals surface area (Å²) in [6, 6.07) is 0. The van der Waals surface area contributed by atoms with Crippen LogP contribution in [0.25, 0.3) is 0 Å². The van der Waals surface area contributed by atoms with Gasteiger partial charge in [0.25, 0.3) is 11.5 Å². The van der Waals surface area contributed by atoms with E-state index in [9.17, 15) is 14.7 Å².